The molecule has 0 radical (unpaired) electrons. The zero-order valence-corrected chi connectivity index (χ0v) is 14.1. The summed E-state index contributed by atoms with van der Waals surface area (Å²) >= 11 is 1.31. The Balaban J connectivity index is 2.68. The molecule has 0 aliphatic heterocycles. The molecule has 0 aliphatic carbocycles. The molecule has 0 saturated carbocycles. The predicted octanol–water partition coefficient (Wildman–Crippen LogP) is 1.14. The van der Waals surface area contributed by atoms with Gasteiger partial charge < -0.3 is 16.0 Å². The first-order chi connectivity index (χ1) is 10.4. The summed E-state index contributed by atoms with van der Waals surface area (Å²) in [5.74, 6) is -0.985. The first kappa shape index (κ1) is 18.2. The van der Waals surface area contributed by atoms with Crippen molar-refractivity contribution in [3.8, 4) is 0 Å². The van der Waals surface area contributed by atoms with Crippen LogP contribution in [-0.2, 0) is 9.59 Å². The lowest BCUT2D eigenvalue weighted by atomic mass is 10.0. The molecule has 6 nitrogen and oxygen atoms in total. The number of rotatable bonds is 7. The smallest absolute Gasteiger partial charge is 0.262 e. The van der Waals surface area contributed by atoms with Crippen molar-refractivity contribution in [2.45, 2.75) is 39.8 Å². The minimum atomic E-state index is -0.688. The Bertz CT molecular complexity index is 514. The van der Waals surface area contributed by atoms with E-state index in [-0.39, 0.29) is 23.6 Å². The maximum atomic E-state index is 12.3. The summed E-state index contributed by atoms with van der Waals surface area (Å²) in [7, 11) is 0. The maximum Gasteiger partial charge on any atom is 0.262 e. The van der Waals surface area contributed by atoms with Crippen LogP contribution in [0.4, 0.5) is 0 Å². The summed E-state index contributed by atoms with van der Waals surface area (Å²) in [6, 6.07) is 2.15. The van der Waals surface area contributed by atoms with Gasteiger partial charge in [-0.25, -0.2) is 0 Å². The van der Waals surface area contributed by atoms with E-state index in [0.717, 1.165) is 0 Å². The molecule has 0 saturated heterocycles. The standard InChI is InChI=1S/C15H23N3O3S/c1-5-16-13(19)10(4)17-15(21)12(9(2)3)18-14(20)11-7-6-8-22-11/h6-10,12H,5H2,1-4H3,(H,16,19)(H,17,21)(H,18,20)/t10-,12-/m0/s1. The van der Waals surface area contributed by atoms with Crippen molar-refractivity contribution in [2.24, 2.45) is 5.92 Å². The van der Waals surface area contributed by atoms with Gasteiger partial charge in [0.1, 0.15) is 12.1 Å². The fraction of sp³-hybridized carbons (Fsp3) is 0.533. The van der Waals surface area contributed by atoms with E-state index in [1.165, 1.54) is 11.3 Å². The number of nitrogens with one attached hydrogen (secondary N) is 3. The molecule has 1 aromatic rings. The second-order valence-electron chi connectivity index (χ2n) is 5.30. The van der Waals surface area contributed by atoms with Crippen molar-refractivity contribution in [1.29, 1.82) is 0 Å². The molecule has 1 heterocycles. The monoisotopic (exact) mass is 325 g/mol. The fourth-order valence-corrected chi connectivity index (χ4v) is 2.48. The fourth-order valence-electron chi connectivity index (χ4n) is 1.85. The van der Waals surface area contributed by atoms with Crippen molar-refractivity contribution in [3.63, 3.8) is 0 Å². The van der Waals surface area contributed by atoms with Crippen LogP contribution in [0.2, 0.25) is 0 Å². The largest absolute Gasteiger partial charge is 0.355 e. The second-order valence-corrected chi connectivity index (χ2v) is 6.25. The van der Waals surface area contributed by atoms with Crippen molar-refractivity contribution >= 4 is 29.1 Å². The van der Waals surface area contributed by atoms with Crippen LogP contribution >= 0.6 is 11.3 Å². The third-order valence-corrected chi connectivity index (χ3v) is 3.95. The summed E-state index contributed by atoms with van der Waals surface area (Å²) in [4.78, 5) is 36.6. The Labute approximate surface area is 134 Å². The molecule has 1 aromatic heterocycles. The van der Waals surface area contributed by atoms with Crippen LogP contribution in [0, 0.1) is 5.92 Å². The first-order valence-electron chi connectivity index (χ1n) is 7.29. The molecule has 0 aliphatic rings. The quantitative estimate of drug-likeness (QED) is 0.702. The van der Waals surface area contributed by atoms with E-state index in [1.807, 2.05) is 20.8 Å². The van der Waals surface area contributed by atoms with E-state index < -0.39 is 12.1 Å². The molecule has 3 N–H and O–H groups in total. The van der Waals surface area contributed by atoms with E-state index in [1.54, 1.807) is 24.4 Å². The van der Waals surface area contributed by atoms with Gasteiger partial charge in [0.25, 0.3) is 5.91 Å². The van der Waals surface area contributed by atoms with Gasteiger partial charge in [0.2, 0.25) is 11.8 Å². The molecule has 0 unspecified atom stereocenters. The van der Waals surface area contributed by atoms with Gasteiger partial charge >= 0.3 is 0 Å². The summed E-state index contributed by atoms with van der Waals surface area (Å²) in [5, 5.41) is 9.80. The first-order valence-corrected chi connectivity index (χ1v) is 8.17. The van der Waals surface area contributed by atoms with Crippen LogP contribution < -0.4 is 16.0 Å². The van der Waals surface area contributed by atoms with Crippen LogP contribution in [-0.4, -0.2) is 36.3 Å². The predicted molar refractivity (Wildman–Crippen MR) is 86.7 cm³/mol. The lowest BCUT2D eigenvalue weighted by molar-refractivity contribution is -0.130. The van der Waals surface area contributed by atoms with Gasteiger partial charge in [-0.2, -0.15) is 0 Å². The molecule has 0 aromatic carbocycles. The van der Waals surface area contributed by atoms with Crippen molar-refractivity contribution < 1.29 is 14.4 Å². The molecule has 0 spiro atoms. The maximum absolute atomic E-state index is 12.3. The average Bonchev–Trinajstić information content (AvgIpc) is 2.98. The highest BCUT2D eigenvalue weighted by Gasteiger charge is 2.27. The van der Waals surface area contributed by atoms with Crippen LogP contribution in [0.3, 0.4) is 0 Å². The van der Waals surface area contributed by atoms with Crippen LogP contribution in [0.25, 0.3) is 0 Å². The normalized spacial score (nSPS) is 13.3. The lowest BCUT2D eigenvalue weighted by Gasteiger charge is -2.23. The Morgan fingerprint density at radius 1 is 1.14 bits per heavy atom. The van der Waals surface area contributed by atoms with E-state index in [2.05, 4.69) is 16.0 Å². The molecule has 7 heteroatoms. The number of carbonyl (C=O) groups is 3. The number of amides is 3. The zero-order valence-electron chi connectivity index (χ0n) is 13.3. The van der Waals surface area contributed by atoms with Gasteiger partial charge in [0.15, 0.2) is 0 Å². The Hall–Kier alpha value is -1.89. The number of likely N-dealkylation sites (N-methyl/N-ethyl adjacent to an activating group) is 1. The minimum absolute atomic E-state index is 0.0923. The summed E-state index contributed by atoms with van der Waals surface area (Å²) in [6.07, 6.45) is 0. The van der Waals surface area contributed by atoms with Crippen molar-refractivity contribution in [3.05, 3.63) is 22.4 Å². The third kappa shape index (κ3) is 5.14. The lowest BCUT2D eigenvalue weighted by Crippen LogP contribution is -2.54. The summed E-state index contributed by atoms with van der Waals surface area (Å²) in [6.45, 7) is 7.61. The Morgan fingerprint density at radius 2 is 1.82 bits per heavy atom. The van der Waals surface area contributed by atoms with Gasteiger partial charge in [0, 0.05) is 6.54 Å². The molecular weight excluding hydrogens is 302 g/mol. The topological polar surface area (TPSA) is 87.3 Å². The SMILES string of the molecule is CCNC(=O)[C@H](C)NC(=O)[C@@H](NC(=O)c1cccs1)C(C)C. The summed E-state index contributed by atoms with van der Waals surface area (Å²) < 4.78 is 0. The third-order valence-electron chi connectivity index (χ3n) is 3.08. The van der Waals surface area contributed by atoms with E-state index in [0.29, 0.717) is 11.4 Å². The number of hydrogen-bond donors (Lipinski definition) is 3. The molecule has 22 heavy (non-hydrogen) atoms. The zero-order chi connectivity index (χ0) is 16.7. The van der Waals surface area contributed by atoms with Crippen LogP contribution in [0.15, 0.2) is 17.5 Å². The van der Waals surface area contributed by atoms with Gasteiger partial charge in [-0.3, -0.25) is 14.4 Å². The van der Waals surface area contributed by atoms with E-state index >= 15 is 0 Å². The Morgan fingerprint density at radius 3 is 2.32 bits per heavy atom. The van der Waals surface area contributed by atoms with Crippen molar-refractivity contribution in [2.75, 3.05) is 6.54 Å². The number of hydrogen-bond acceptors (Lipinski definition) is 4. The second kappa shape index (κ2) is 8.53. The number of carbonyl (C=O) groups excluding carboxylic acids is 3. The number of thiophene rings is 1. The average molecular weight is 325 g/mol. The minimum Gasteiger partial charge on any atom is -0.355 e. The molecule has 122 valence electrons. The Kier molecular flexibility index (Phi) is 7.04. The highest BCUT2D eigenvalue weighted by molar-refractivity contribution is 7.12. The molecule has 1 rings (SSSR count). The highest BCUT2D eigenvalue weighted by atomic mass is 32.1. The highest BCUT2D eigenvalue weighted by Crippen LogP contribution is 2.10. The van der Waals surface area contributed by atoms with E-state index in [4.69, 9.17) is 0 Å². The summed E-state index contributed by atoms with van der Waals surface area (Å²) in [5.41, 5.74) is 0. The molecular formula is C15H23N3O3S. The van der Waals surface area contributed by atoms with Gasteiger partial charge in [-0.05, 0) is 31.2 Å². The molecule has 2 atom stereocenters. The molecule has 0 fully saturated rings. The van der Waals surface area contributed by atoms with Crippen LogP contribution in [0.1, 0.15) is 37.4 Å². The van der Waals surface area contributed by atoms with Crippen LogP contribution in [0.5, 0.6) is 0 Å². The molecule has 3 amide bonds. The van der Waals surface area contributed by atoms with E-state index in [9.17, 15) is 14.4 Å². The van der Waals surface area contributed by atoms with Crippen molar-refractivity contribution in [1.82, 2.24) is 16.0 Å². The van der Waals surface area contributed by atoms with Gasteiger partial charge in [0.05, 0.1) is 4.88 Å². The molecule has 0 bridgehead atoms. The van der Waals surface area contributed by atoms with Gasteiger partial charge in [-0.15, -0.1) is 11.3 Å². The van der Waals surface area contributed by atoms with Gasteiger partial charge in [-0.1, -0.05) is 19.9 Å².